The van der Waals surface area contributed by atoms with Gasteiger partial charge in [-0.1, -0.05) is 47.5 Å². The van der Waals surface area contributed by atoms with Gasteiger partial charge in [0.25, 0.3) is 0 Å². The van der Waals surface area contributed by atoms with Crippen LogP contribution in [-0.2, 0) is 20.1 Å². The maximum atomic E-state index is 12.5. The molecule has 0 N–H and O–H groups in total. The van der Waals surface area contributed by atoms with Crippen LogP contribution in [0.1, 0.15) is 16.7 Å². The Balaban J connectivity index is 2.67. The van der Waals surface area contributed by atoms with Gasteiger partial charge >= 0.3 is 0 Å². The molecule has 0 atom stereocenters. The summed E-state index contributed by atoms with van der Waals surface area (Å²) < 4.78 is 47.4. The molecule has 0 fully saturated rings. The highest BCUT2D eigenvalue weighted by Gasteiger charge is 2.25. The number of hydrogen-bond donors (Lipinski definition) is 0. The summed E-state index contributed by atoms with van der Waals surface area (Å²) in [5.41, 5.74) is 1.98. The Hall–Kier alpha value is -1.92. The summed E-state index contributed by atoms with van der Waals surface area (Å²) in [4.78, 5) is -0.0344. The number of hydrogen-bond acceptors (Lipinski definition) is 4. The Morgan fingerprint density at radius 2 is 1.24 bits per heavy atom. The predicted octanol–water partition coefficient (Wildman–Crippen LogP) is 2.13. The fourth-order valence-corrected chi connectivity index (χ4v) is 4.34. The van der Waals surface area contributed by atoms with Gasteiger partial charge in [0, 0.05) is 5.56 Å². The first-order valence-corrected chi connectivity index (χ1v) is 8.73. The summed E-state index contributed by atoms with van der Waals surface area (Å²) >= 11 is 0. The monoisotopic (exact) mass is 322 g/mol. The molecular weight excluding hydrogens is 308 g/mol. The Bertz CT molecular complexity index is 881. The Labute approximate surface area is 125 Å². The SMILES string of the molecule is Cc1ccc(C(=S(=O)=O)S(=O)(=O)c2ccc(C)cc2)cc1. The second kappa shape index (κ2) is 5.83. The van der Waals surface area contributed by atoms with Crippen LogP contribution in [0.4, 0.5) is 0 Å². The van der Waals surface area contributed by atoms with Crippen molar-refractivity contribution >= 4 is 24.3 Å². The van der Waals surface area contributed by atoms with Crippen LogP contribution in [0.25, 0.3) is 0 Å². The molecule has 2 aromatic carbocycles. The van der Waals surface area contributed by atoms with Crippen LogP contribution >= 0.6 is 0 Å². The number of benzene rings is 2. The Kier molecular flexibility index (Phi) is 4.29. The molecule has 21 heavy (non-hydrogen) atoms. The molecule has 2 aromatic rings. The molecule has 2 rings (SSSR count). The van der Waals surface area contributed by atoms with E-state index in [4.69, 9.17) is 0 Å². The highest BCUT2D eigenvalue weighted by atomic mass is 32.2. The minimum Gasteiger partial charge on any atom is -0.217 e. The zero-order chi connectivity index (χ0) is 15.6. The van der Waals surface area contributed by atoms with Crippen molar-refractivity contribution in [2.75, 3.05) is 0 Å². The molecule has 0 saturated heterocycles. The lowest BCUT2D eigenvalue weighted by molar-refractivity contribution is 0.607. The molecule has 110 valence electrons. The fraction of sp³-hybridized carbons (Fsp3) is 0.133. The maximum absolute atomic E-state index is 12.5. The van der Waals surface area contributed by atoms with E-state index in [1.807, 2.05) is 13.8 Å². The van der Waals surface area contributed by atoms with Crippen molar-refractivity contribution in [1.29, 1.82) is 0 Å². The van der Waals surface area contributed by atoms with Crippen molar-refractivity contribution < 1.29 is 16.8 Å². The average Bonchev–Trinajstić information content (AvgIpc) is 2.41. The van der Waals surface area contributed by atoms with Crippen molar-refractivity contribution in [1.82, 2.24) is 0 Å². The smallest absolute Gasteiger partial charge is 0.217 e. The third-order valence-electron chi connectivity index (χ3n) is 3.01. The first-order chi connectivity index (χ1) is 9.82. The summed E-state index contributed by atoms with van der Waals surface area (Å²) in [6, 6.07) is 12.4. The van der Waals surface area contributed by atoms with E-state index >= 15 is 0 Å². The van der Waals surface area contributed by atoms with Gasteiger partial charge in [0.05, 0.1) is 4.90 Å². The largest absolute Gasteiger partial charge is 0.234 e. The first-order valence-electron chi connectivity index (χ1n) is 6.17. The second-order valence-corrected chi connectivity index (χ2v) is 7.73. The molecule has 0 radical (unpaired) electrons. The highest BCUT2D eigenvalue weighted by molar-refractivity contribution is 8.16. The molecule has 0 aliphatic heterocycles. The molecule has 4 nitrogen and oxygen atoms in total. The number of aryl methyl sites for hydroxylation is 2. The third kappa shape index (κ3) is 3.22. The van der Waals surface area contributed by atoms with Crippen LogP contribution in [0.15, 0.2) is 53.4 Å². The second-order valence-electron chi connectivity index (χ2n) is 4.70. The van der Waals surface area contributed by atoms with Crippen LogP contribution < -0.4 is 0 Å². The minimum absolute atomic E-state index is 0.0344. The first kappa shape index (κ1) is 15.5. The van der Waals surface area contributed by atoms with Crippen LogP contribution in [-0.4, -0.2) is 21.0 Å². The quantitative estimate of drug-likeness (QED) is 0.794. The van der Waals surface area contributed by atoms with Crippen LogP contribution in [0, 0.1) is 13.8 Å². The molecule has 0 bridgehead atoms. The van der Waals surface area contributed by atoms with E-state index < -0.39 is 24.3 Å². The summed E-state index contributed by atoms with van der Waals surface area (Å²) in [6.07, 6.45) is 0. The van der Waals surface area contributed by atoms with Gasteiger partial charge in [0.15, 0.2) is 4.20 Å². The van der Waals surface area contributed by atoms with Crippen LogP contribution in [0.5, 0.6) is 0 Å². The van der Waals surface area contributed by atoms with E-state index in [1.54, 1.807) is 24.3 Å². The standard InChI is InChI=1S/C15H14O4S2/c1-11-3-7-13(8-4-11)15(20(16)17)21(18,19)14-9-5-12(2)6-10-14/h3-10H,1-2H3. The molecule has 0 aliphatic carbocycles. The zero-order valence-corrected chi connectivity index (χ0v) is 13.2. The van der Waals surface area contributed by atoms with Gasteiger partial charge in [-0.05, 0) is 26.0 Å². The Morgan fingerprint density at radius 1 is 0.810 bits per heavy atom. The van der Waals surface area contributed by atoms with Gasteiger partial charge in [0.1, 0.15) is 0 Å². The molecule has 0 unspecified atom stereocenters. The third-order valence-corrected chi connectivity index (χ3v) is 6.24. The van der Waals surface area contributed by atoms with Gasteiger partial charge in [-0.2, -0.15) is 8.42 Å². The molecule has 0 aliphatic rings. The molecule has 0 amide bonds. The van der Waals surface area contributed by atoms with E-state index in [2.05, 4.69) is 0 Å². The molecule has 0 aromatic heterocycles. The van der Waals surface area contributed by atoms with E-state index in [-0.39, 0.29) is 10.5 Å². The van der Waals surface area contributed by atoms with Crippen molar-refractivity contribution in [2.45, 2.75) is 18.7 Å². The van der Waals surface area contributed by atoms with Crippen molar-refractivity contribution in [3.05, 3.63) is 65.2 Å². The topological polar surface area (TPSA) is 68.3 Å². The normalized spacial score (nSPS) is 11.1. The fourth-order valence-electron chi connectivity index (χ4n) is 1.86. The van der Waals surface area contributed by atoms with Gasteiger partial charge in [-0.15, -0.1) is 0 Å². The van der Waals surface area contributed by atoms with Gasteiger partial charge in [0.2, 0.25) is 20.1 Å². The molecule has 0 heterocycles. The van der Waals surface area contributed by atoms with Gasteiger partial charge in [-0.25, -0.2) is 8.42 Å². The molecular formula is C15H14O4S2. The number of sulfone groups is 1. The van der Waals surface area contributed by atoms with E-state index in [0.29, 0.717) is 0 Å². The summed E-state index contributed by atoms with van der Waals surface area (Å²) in [5, 5.41) is 0. The highest BCUT2D eigenvalue weighted by Crippen LogP contribution is 2.18. The van der Waals surface area contributed by atoms with Gasteiger partial charge < -0.3 is 0 Å². The van der Waals surface area contributed by atoms with E-state index in [0.717, 1.165) is 11.1 Å². The number of rotatable bonds is 2. The lowest BCUT2D eigenvalue weighted by atomic mass is 10.2. The molecule has 0 spiro atoms. The van der Waals surface area contributed by atoms with Crippen molar-refractivity contribution in [3.8, 4) is 0 Å². The minimum atomic E-state index is -4.08. The Morgan fingerprint density at radius 3 is 1.67 bits per heavy atom. The maximum Gasteiger partial charge on any atom is 0.234 e. The molecule has 0 saturated carbocycles. The van der Waals surface area contributed by atoms with Crippen LogP contribution in [0.2, 0.25) is 0 Å². The lowest BCUT2D eigenvalue weighted by Crippen LogP contribution is -2.17. The lowest BCUT2D eigenvalue weighted by Gasteiger charge is -2.06. The van der Waals surface area contributed by atoms with Gasteiger partial charge in [-0.3, -0.25) is 0 Å². The zero-order valence-electron chi connectivity index (χ0n) is 11.6. The average molecular weight is 322 g/mol. The molecule has 6 heteroatoms. The summed E-state index contributed by atoms with van der Waals surface area (Å²) in [5.74, 6) is 0. The summed E-state index contributed by atoms with van der Waals surface area (Å²) in [7, 11) is -6.94. The summed E-state index contributed by atoms with van der Waals surface area (Å²) in [6.45, 7) is 3.67. The van der Waals surface area contributed by atoms with Crippen molar-refractivity contribution in [2.24, 2.45) is 0 Å². The van der Waals surface area contributed by atoms with Crippen molar-refractivity contribution in [3.63, 3.8) is 0 Å². The van der Waals surface area contributed by atoms with E-state index in [1.165, 1.54) is 24.3 Å². The van der Waals surface area contributed by atoms with Crippen LogP contribution in [0.3, 0.4) is 0 Å². The van der Waals surface area contributed by atoms with E-state index in [9.17, 15) is 16.8 Å². The predicted molar refractivity (Wildman–Crippen MR) is 82.6 cm³/mol.